The average Bonchev–Trinajstić information content (AvgIpc) is 2.40. The molecule has 19 heavy (non-hydrogen) atoms. The summed E-state index contributed by atoms with van der Waals surface area (Å²) in [6.07, 6.45) is 1.16. The molecule has 0 spiro atoms. The maximum absolute atomic E-state index is 12.1. The number of methoxy groups -OCH3 is 2. The lowest BCUT2D eigenvalue weighted by atomic mass is 10.2. The Morgan fingerprint density at radius 3 is 2.53 bits per heavy atom. The van der Waals surface area contributed by atoms with E-state index in [9.17, 15) is 14.7 Å². The van der Waals surface area contributed by atoms with E-state index in [1.807, 2.05) is 0 Å². The smallest absolute Gasteiger partial charge is 0.261 e. The van der Waals surface area contributed by atoms with E-state index in [2.05, 4.69) is 4.98 Å². The van der Waals surface area contributed by atoms with Gasteiger partial charge in [-0.15, -0.1) is 0 Å². The molecule has 0 atom stereocenters. The summed E-state index contributed by atoms with van der Waals surface area (Å²) in [6, 6.07) is 3.02. The molecule has 1 heterocycles. The molecule has 0 radical (unpaired) electrons. The van der Waals surface area contributed by atoms with Crippen molar-refractivity contribution in [1.82, 2.24) is 9.55 Å². The molecule has 7 nitrogen and oxygen atoms in total. The maximum atomic E-state index is 12.1. The molecule has 7 heteroatoms. The first kappa shape index (κ1) is 12.9. The first-order chi connectivity index (χ1) is 9.06. The summed E-state index contributed by atoms with van der Waals surface area (Å²) in [4.78, 5) is 26.6. The van der Waals surface area contributed by atoms with Gasteiger partial charge < -0.3 is 19.4 Å². The molecule has 100 valence electrons. The van der Waals surface area contributed by atoms with Crippen LogP contribution in [0.15, 0.2) is 23.3 Å². The highest BCUT2D eigenvalue weighted by atomic mass is 16.5. The van der Waals surface area contributed by atoms with E-state index < -0.39 is 18.1 Å². The average molecular weight is 263 g/mol. The second-order valence-electron chi connectivity index (χ2n) is 3.77. The first-order valence-corrected chi connectivity index (χ1v) is 5.38. The molecule has 1 aromatic carbocycles. The third-order valence-corrected chi connectivity index (χ3v) is 2.63. The molecule has 2 rings (SSSR count). The number of rotatable bonds is 4. The highest BCUT2D eigenvalue weighted by Gasteiger charge is 2.10. The quantitative estimate of drug-likeness (QED) is 0.714. The molecule has 0 bridgehead atoms. The van der Waals surface area contributed by atoms with E-state index in [1.165, 1.54) is 20.3 Å². The van der Waals surface area contributed by atoms with Crippen LogP contribution in [0.3, 0.4) is 0 Å². The van der Waals surface area contributed by atoms with Crippen molar-refractivity contribution < 1.29 is 19.4 Å². The van der Waals surface area contributed by atoms with E-state index in [4.69, 9.17) is 9.47 Å². The molecule has 0 fully saturated rings. The largest absolute Gasteiger partial charge is 0.548 e. The molecule has 0 aliphatic carbocycles. The number of carboxylic acids is 1. The molecule has 0 amide bonds. The maximum Gasteiger partial charge on any atom is 0.261 e. The van der Waals surface area contributed by atoms with Crippen LogP contribution in [-0.2, 0) is 11.3 Å². The fraction of sp³-hybridized carbons (Fsp3) is 0.250. The zero-order chi connectivity index (χ0) is 14.0. The second-order valence-corrected chi connectivity index (χ2v) is 3.77. The molecule has 0 saturated heterocycles. The van der Waals surface area contributed by atoms with Gasteiger partial charge in [0.15, 0.2) is 11.5 Å². The molecule has 1 aromatic heterocycles. The highest BCUT2D eigenvalue weighted by molar-refractivity contribution is 5.81. The molecule has 0 aliphatic heterocycles. The van der Waals surface area contributed by atoms with Gasteiger partial charge in [0.05, 0.1) is 44.0 Å². The number of carboxylic acid groups (broad SMARTS) is 1. The van der Waals surface area contributed by atoms with Gasteiger partial charge in [-0.1, -0.05) is 0 Å². The van der Waals surface area contributed by atoms with Crippen LogP contribution in [0.2, 0.25) is 0 Å². The van der Waals surface area contributed by atoms with Crippen molar-refractivity contribution in [3.8, 4) is 11.5 Å². The number of hydrogen-bond donors (Lipinski definition) is 0. The van der Waals surface area contributed by atoms with Gasteiger partial charge in [-0.2, -0.15) is 0 Å². The number of benzene rings is 1. The zero-order valence-corrected chi connectivity index (χ0v) is 10.4. The predicted octanol–water partition coefficient (Wildman–Crippen LogP) is -0.836. The predicted molar refractivity (Wildman–Crippen MR) is 64.1 cm³/mol. The monoisotopic (exact) mass is 263 g/mol. The van der Waals surface area contributed by atoms with Gasteiger partial charge in [0.25, 0.3) is 5.56 Å². The van der Waals surface area contributed by atoms with Crippen LogP contribution in [0.4, 0.5) is 0 Å². The minimum Gasteiger partial charge on any atom is -0.548 e. The Balaban J connectivity index is 2.68. The minimum absolute atomic E-state index is 0.251. The van der Waals surface area contributed by atoms with E-state index >= 15 is 0 Å². The van der Waals surface area contributed by atoms with Crippen LogP contribution in [0.1, 0.15) is 0 Å². The van der Waals surface area contributed by atoms with Crippen molar-refractivity contribution in [3.63, 3.8) is 0 Å². The summed E-state index contributed by atoms with van der Waals surface area (Å²) in [5.41, 5.74) is -0.0765. The van der Waals surface area contributed by atoms with Crippen molar-refractivity contribution >= 4 is 16.9 Å². The molecule has 0 unspecified atom stereocenters. The number of aliphatic carboxylic acids is 1. The Hall–Kier alpha value is -2.57. The molecule has 0 N–H and O–H groups in total. The molecule has 2 aromatic rings. The van der Waals surface area contributed by atoms with Crippen LogP contribution >= 0.6 is 0 Å². The normalized spacial score (nSPS) is 10.4. The summed E-state index contributed by atoms with van der Waals surface area (Å²) in [5, 5.41) is 10.8. The Kier molecular flexibility index (Phi) is 3.37. The first-order valence-electron chi connectivity index (χ1n) is 5.38. The summed E-state index contributed by atoms with van der Waals surface area (Å²) < 4.78 is 11.2. The van der Waals surface area contributed by atoms with Crippen LogP contribution in [0.25, 0.3) is 10.9 Å². The number of carbonyl (C=O) groups is 1. The third-order valence-electron chi connectivity index (χ3n) is 2.63. The van der Waals surface area contributed by atoms with Gasteiger partial charge in [0.1, 0.15) is 0 Å². The fourth-order valence-electron chi connectivity index (χ4n) is 1.74. The van der Waals surface area contributed by atoms with Gasteiger partial charge in [-0.3, -0.25) is 9.36 Å². The summed E-state index contributed by atoms with van der Waals surface area (Å²) in [7, 11) is 2.92. The van der Waals surface area contributed by atoms with Crippen LogP contribution < -0.4 is 20.1 Å². The second kappa shape index (κ2) is 4.97. The Morgan fingerprint density at radius 2 is 1.95 bits per heavy atom. The highest BCUT2D eigenvalue weighted by Crippen LogP contribution is 2.29. The molecule has 0 saturated carbocycles. The fourth-order valence-corrected chi connectivity index (χ4v) is 1.74. The van der Waals surface area contributed by atoms with Gasteiger partial charge in [-0.25, -0.2) is 4.98 Å². The standard InChI is InChI=1S/C12H12N2O5/c1-18-9-3-7-8(4-10(9)19-2)13-6-14(12(7)17)5-11(15)16/h3-4,6H,5H2,1-2H3,(H,15,16)/p-1. The van der Waals surface area contributed by atoms with Crippen molar-refractivity contribution in [3.05, 3.63) is 28.8 Å². The van der Waals surface area contributed by atoms with Crippen molar-refractivity contribution in [2.75, 3.05) is 14.2 Å². The van der Waals surface area contributed by atoms with E-state index in [0.717, 1.165) is 10.9 Å². The van der Waals surface area contributed by atoms with Gasteiger partial charge in [0.2, 0.25) is 0 Å². The van der Waals surface area contributed by atoms with Gasteiger partial charge >= 0.3 is 0 Å². The van der Waals surface area contributed by atoms with Gasteiger partial charge in [0, 0.05) is 6.07 Å². The molecule has 0 aliphatic rings. The number of hydrogen-bond acceptors (Lipinski definition) is 6. The van der Waals surface area contributed by atoms with Crippen molar-refractivity contribution in [2.45, 2.75) is 6.54 Å². The number of fused-ring (bicyclic) bond motifs is 1. The lowest BCUT2D eigenvalue weighted by Crippen LogP contribution is -2.32. The summed E-state index contributed by atoms with van der Waals surface area (Å²) >= 11 is 0. The Bertz CT molecular complexity index is 692. The van der Waals surface area contributed by atoms with Crippen molar-refractivity contribution in [2.24, 2.45) is 0 Å². The zero-order valence-electron chi connectivity index (χ0n) is 10.4. The number of aromatic nitrogens is 2. The lowest BCUT2D eigenvalue weighted by Gasteiger charge is -2.10. The third kappa shape index (κ3) is 2.35. The van der Waals surface area contributed by atoms with Gasteiger partial charge in [-0.05, 0) is 6.07 Å². The van der Waals surface area contributed by atoms with Crippen molar-refractivity contribution in [1.29, 1.82) is 0 Å². The summed E-state index contributed by atoms with van der Waals surface area (Å²) in [6.45, 7) is -0.546. The molecular weight excluding hydrogens is 252 g/mol. The van der Waals surface area contributed by atoms with Crippen LogP contribution in [0.5, 0.6) is 11.5 Å². The van der Waals surface area contributed by atoms with E-state index in [-0.39, 0.29) is 5.39 Å². The Morgan fingerprint density at radius 1 is 1.32 bits per heavy atom. The molecular formula is C12H11N2O5-. The topological polar surface area (TPSA) is 93.5 Å². The van der Waals surface area contributed by atoms with E-state index in [1.54, 1.807) is 6.07 Å². The number of ether oxygens (including phenoxy) is 2. The number of nitrogens with zero attached hydrogens (tertiary/aromatic N) is 2. The minimum atomic E-state index is -1.36. The van der Waals surface area contributed by atoms with Crippen LogP contribution in [0, 0.1) is 0 Å². The Labute approximate surface area is 108 Å². The number of carbonyl (C=O) groups excluding carboxylic acids is 1. The SMILES string of the molecule is COc1cc2ncn(CC(=O)[O-])c(=O)c2cc1OC. The van der Waals surface area contributed by atoms with Crippen LogP contribution in [-0.4, -0.2) is 29.7 Å². The summed E-state index contributed by atoms with van der Waals surface area (Å²) in [5.74, 6) is -0.539. The lowest BCUT2D eigenvalue weighted by molar-refractivity contribution is -0.306. The van der Waals surface area contributed by atoms with E-state index in [0.29, 0.717) is 17.0 Å².